The minimum absolute atomic E-state index is 0.153. The maximum Gasteiger partial charge on any atom is 0.262 e. The summed E-state index contributed by atoms with van der Waals surface area (Å²) < 4.78 is 0. The number of imide groups is 1. The quantitative estimate of drug-likeness (QED) is 0.805. The van der Waals surface area contributed by atoms with Gasteiger partial charge in [0, 0.05) is 0 Å². The van der Waals surface area contributed by atoms with Gasteiger partial charge in [0.05, 0.1) is 27.2 Å². The standard InChI is InChI=1S/C19H16Cl2N2O3/c1-10(12-6-4-3-5-7-12)22-17(24)11(2)23-18(25)13-8-15(20)16(21)9-14(13)19(23)26/h3-11H,1-2H3,(H,22,24). The molecule has 3 rings (SSSR count). The van der Waals surface area contributed by atoms with E-state index in [1.165, 1.54) is 19.1 Å². The summed E-state index contributed by atoms with van der Waals surface area (Å²) in [6.07, 6.45) is 0. The predicted octanol–water partition coefficient (Wildman–Crippen LogP) is 3.86. The SMILES string of the molecule is CC(NC(=O)C(C)N1C(=O)c2cc(Cl)c(Cl)cc2C1=O)c1ccccc1. The lowest BCUT2D eigenvalue weighted by Gasteiger charge is -2.24. The summed E-state index contributed by atoms with van der Waals surface area (Å²) in [6.45, 7) is 3.35. The first-order valence-corrected chi connectivity index (χ1v) is 8.79. The summed E-state index contributed by atoms with van der Waals surface area (Å²) in [6, 6.07) is 10.9. The third-order valence-corrected chi connectivity index (χ3v) is 5.11. The number of nitrogens with one attached hydrogen (secondary N) is 1. The number of fused-ring (bicyclic) bond motifs is 1. The lowest BCUT2D eigenvalue weighted by Crippen LogP contribution is -2.48. The summed E-state index contributed by atoms with van der Waals surface area (Å²) in [5.74, 6) is -1.54. The topological polar surface area (TPSA) is 66.5 Å². The van der Waals surface area contributed by atoms with Gasteiger partial charge in [-0.2, -0.15) is 0 Å². The monoisotopic (exact) mass is 390 g/mol. The summed E-state index contributed by atoms with van der Waals surface area (Å²) in [7, 11) is 0. The van der Waals surface area contributed by atoms with Crippen molar-refractivity contribution in [1.29, 1.82) is 0 Å². The Morgan fingerprint density at radius 1 is 0.962 bits per heavy atom. The van der Waals surface area contributed by atoms with E-state index in [-0.39, 0.29) is 27.2 Å². The van der Waals surface area contributed by atoms with Crippen molar-refractivity contribution in [2.75, 3.05) is 0 Å². The number of amides is 3. The van der Waals surface area contributed by atoms with Crippen molar-refractivity contribution in [2.24, 2.45) is 0 Å². The molecular weight excluding hydrogens is 375 g/mol. The maximum absolute atomic E-state index is 12.6. The normalized spacial score (nSPS) is 15.6. The number of carbonyl (C=O) groups is 3. The van der Waals surface area contributed by atoms with Gasteiger partial charge in [0.1, 0.15) is 6.04 Å². The highest BCUT2D eigenvalue weighted by molar-refractivity contribution is 6.43. The van der Waals surface area contributed by atoms with E-state index in [1.807, 2.05) is 37.3 Å². The molecule has 2 unspecified atom stereocenters. The lowest BCUT2D eigenvalue weighted by molar-refractivity contribution is -0.125. The third kappa shape index (κ3) is 3.20. The van der Waals surface area contributed by atoms with E-state index in [1.54, 1.807) is 0 Å². The molecule has 0 spiro atoms. The first-order valence-electron chi connectivity index (χ1n) is 8.03. The number of hydrogen-bond acceptors (Lipinski definition) is 3. The number of nitrogens with zero attached hydrogens (tertiary/aromatic N) is 1. The van der Waals surface area contributed by atoms with Gasteiger partial charge in [0.25, 0.3) is 11.8 Å². The van der Waals surface area contributed by atoms with Crippen LogP contribution in [0.4, 0.5) is 0 Å². The molecule has 0 radical (unpaired) electrons. The molecule has 1 aliphatic heterocycles. The molecule has 1 heterocycles. The van der Waals surface area contributed by atoms with Crippen molar-refractivity contribution in [3.05, 3.63) is 69.2 Å². The molecule has 0 saturated heterocycles. The summed E-state index contributed by atoms with van der Waals surface area (Å²) in [4.78, 5) is 38.7. The number of hydrogen-bond donors (Lipinski definition) is 1. The minimum atomic E-state index is -0.967. The van der Waals surface area contributed by atoms with Crippen LogP contribution >= 0.6 is 23.2 Å². The van der Waals surface area contributed by atoms with Gasteiger partial charge in [-0.25, -0.2) is 0 Å². The Kier molecular flexibility index (Phi) is 5.03. The molecule has 1 aliphatic rings. The van der Waals surface area contributed by atoms with Crippen molar-refractivity contribution in [3.8, 4) is 0 Å². The Balaban J connectivity index is 1.80. The first-order chi connectivity index (χ1) is 12.3. The molecule has 0 aliphatic carbocycles. The van der Waals surface area contributed by atoms with E-state index in [9.17, 15) is 14.4 Å². The van der Waals surface area contributed by atoms with Gasteiger partial charge < -0.3 is 5.32 Å². The molecular formula is C19H16Cl2N2O3. The Labute approximate surface area is 160 Å². The van der Waals surface area contributed by atoms with E-state index < -0.39 is 23.8 Å². The van der Waals surface area contributed by atoms with Crippen LogP contribution in [0.15, 0.2) is 42.5 Å². The van der Waals surface area contributed by atoms with Gasteiger partial charge in [-0.05, 0) is 31.5 Å². The zero-order valence-electron chi connectivity index (χ0n) is 14.1. The number of halogens is 2. The molecule has 2 atom stereocenters. The van der Waals surface area contributed by atoms with Crippen LogP contribution in [0.5, 0.6) is 0 Å². The molecule has 7 heteroatoms. The lowest BCUT2D eigenvalue weighted by atomic mass is 10.1. The van der Waals surface area contributed by atoms with Gasteiger partial charge in [-0.3, -0.25) is 19.3 Å². The Morgan fingerprint density at radius 2 is 1.46 bits per heavy atom. The molecule has 5 nitrogen and oxygen atoms in total. The van der Waals surface area contributed by atoms with Crippen LogP contribution in [0.3, 0.4) is 0 Å². The van der Waals surface area contributed by atoms with Crippen LogP contribution in [0.1, 0.15) is 46.2 Å². The fraction of sp³-hybridized carbons (Fsp3) is 0.211. The zero-order valence-corrected chi connectivity index (χ0v) is 15.6. The first kappa shape index (κ1) is 18.4. The van der Waals surface area contributed by atoms with Gasteiger partial charge in [-0.1, -0.05) is 53.5 Å². The minimum Gasteiger partial charge on any atom is -0.348 e. The van der Waals surface area contributed by atoms with Gasteiger partial charge in [-0.15, -0.1) is 0 Å². The molecule has 2 aromatic carbocycles. The number of carbonyl (C=O) groups excluding carboxylic acids is 3. The van der Waals surface area contributed by atoms with E-state index in [0.29, 0.717) is 0 Å². The molecule has 3 amide bonds. The molecule has 1 N–H and O–H groups in total. The smallest absolute Gasteiger partial charge is 0.262 e. The van der Waals surface area contributed by atoms with Crippen molar-refractivity contribution in [3.63, 3.8) is 0 Å². The summed E-state index contributed by atoms with van der Waals surface area (Å²) in [5.41, 5.74) is 1.23. The Morgan fingerprint density at radius 3 is 1.96 bits per heavy atom. The Hall–Kier alpha value is -2.37. The second-order valence-corrected chi connectivity index (χ2v) is 6.92. The molecule has 2 aromatic rings. The van der Waals surface area contributed by atoms with E-state index in [4.69, 9.17) is 23.2 Å². The molecule has 26 heavy (non-hydrogen) atoms. The molecule has 0 saturated carbocycles. The van der Waals surface area contributed by atoms with Crippen LogP contribution in [-0.4, -0.2) is 28.7 Å². The fourth-order valence-electron chi connectivity index (χ4n) is 2.88. The highest BCUT2D eigenvalue weighted by Crippen LogP contribution is 2.32. The summed E-state index contributed by atoms with van der Waals surface area (Å²) >= 11 is 11.9. The largest absolute Gasteiger partial charge is 0.348 e. The maximum atomic E-state index is 12.6. The Bertz CT molecular complexity index is 858. The average Bonchev–Trinajstić information content (AvgIpc) is 2.86. The van der Waals surface area contributed by atoms with Crippen LogP contribution in [0.2, 0.25) is 10.0 Å². The van der Waals surface area contributed by atoms with Crippen LogP contribution in [-0.2, 0) is 4.79 Å². The zero-order chi connectivity index (χ0) is 19.0. The number of benzene rings is 2. The van der Waals surface area contributed by atoms with E-state index >= 15 is 0 Å². The number of rotatable bonds is 4. The van der Waals surface area contributed by atoms with Crippen molar-refractivity contribution in [1.82, 2.24) is 10.2 Å². The van der Waals surface area contributed by atoms with Crippen LogP contribution in [0, 0.1) is 0 Å². The van der Waals surface area contributed by atoms with Crippen LogP contribution < -0.4 is 5.32 Å². The fourth-order valence-corrected chi connectivity index (χ4v) is 3.21. The molecule has 134 valence electrons. The molecule has 0 bridgehead atoms. The van der Waals surface area contributed by atoms with E-state index in [0.717, 1.165) is 10.5 Å². The molecule has 0 fully saturated rings. The highest BCUT2D eigenvalue weighted by atomic mass is 35.5. The van der Waals surface area contributed by atoms with E-state index in [2.05, 4.69) is 5.32 Å². The van der Waals surface area contributed by atoms with Gasteiger partial charge in [0.15, 0.2) is 0 Å². The average molecular weight is 391 g/mol. The van der Waals surface area contributed by atoms with Crippen LogP contribution in [0.25, 0.3) is 0 Å². The molecule has 0 aromatic heterocycles. The predicted molar refractivity (Wildman–Crippen MR) is 99.4 cm³/mol. The second kappa shape index (κ2) is 7.09. The van der Waals surface area contributed by atoms with Crippen molar-refractivity contribution in [2.45, 2.75) is 25.9 Å². The highest BCUT2D eigenvalue weighted by Gasteiger charge is 2.41. The van der Waals surface area contributed by atoms with Crippen molar-refractivity contribution < 1.29 is 14.4 Å². The van der Waals surface area contributed by atoms with Crippen molar-refractivity contribution >= 4 is 40.9 Å². The summed E-state index contributed by atoms with van der Waals surface area (Å²) in [5, 5.41) is 3.19. The third-order valence-electron chi connectivity index (χ3n) is 4.38. The van der Waals surface area contributed by atoms with Gasteiger partial charge >= 0.3 is 0 Å². The second-order valence-electron chi connectivity index (χ2n) is 6.11. The van der Waals surface area contributed by atoms with Gasteiger partial charge in [0.2, 0.25) is 5.91 Å².